The van der Waals surface area contributed by atoms with Crippen LogP contribution in [0.5, 0.6) is 0 Å². The SMILES string of the molecule is CC[C@H](O)c1ccc(-n2cc(I)cn2)cn1. The number of halogens is 1. The molecule has 2 aromatic rings. The molecule has 0 aliphatic rings. The topological polar surface area (TPSA) is 50.9 Å². The van der Waals surface area contributed by atoms with Gasteiger partial charge in [-0.25, -0.2) is 4.68 Å². The highest BCUT2D eigenvalue weighted by molar-refractivity contribution is 14.1. The van der Waals surface area contributed by atoms with Gasteiger partial charge in [-0.2, -0.15) is 5.10 Å². The van der Waals surface area contributed by atoms with Gasteiger partial charge in [0.05, 0.1) is 33.4 Å². The number of aromatic nitrogens is 3. The van der Waals surface area contributed by atoms with Crippen molar-refractivity contribution in [1.82, 2.24) is 14.8 Å². The molecule has 0 aliphatic heterocycles. The summed E-state index contributed by atoms with van der Waals surface area (Å²) in [6, 6.07) is 3.74. The average molecular weight is 329 g/mol. The minimum Gasteiger partial charge on any atom is -0.387 e. The molecule has 0 saturated carbocycles. The Balaban J connectivity index is 2.25. The molecule has 2 rings (SSSR count). The van der Waals surface area contributed by atoms with Gasteiger partial charge in [0.1, 0.15) is 0 Å². The molecule has 84 valence electrons. The van der Waals surface area contributed by atoms with Gasteiger partial charge in [0.25, 0.3) is 0 Å². The predicted molar refractivity (Wildman–Crippen MR) is 69.3 cm³/mol. The zero-order valence-electron chi connectivity index (χ0n) is 8.84. The summed E-state index contributed by atoms with van der Waals surface area (Å²) >= 11 is 2.21. The lowest BCUT2D eigenvalue weighted by Crippen LogP contribution is -2.01. The molecule has 0 saturated heterocycles. The van der Waals surface area contributed by atoms with Crippen molar-refractivity contribution in [2.75, 3.05) is 0 Å². The van der Waals surface area contributed by atoms with Crippen LogP contribution in [0, 0.1) is 3.57 Å². The van der Waals surface area contributed by atoms with Crippen molar-refractivity contribution in [2.24, 2.45) is 0 Å². The van der Waals surface area contributed by atoms with Crippen LogP contribution in [-0.4, -0.2) is 19.9 Å². The number of aliphatic hydroxyl groups is 1. The van der Waals surface area contributed by atoms with E-state index in [1.807, 2.05) is 25.3 Å². The van der Waals surface area contributed by atoms with Crippen LogP contribution in [0.15, 0.2) is 30.7 Å². The van der Waals surface area contributed by atoms with Gasteiger partial charge in [-0.1, -0.05) is 6.92 Å². The average Bonchev–Trinajstić information content (AvgIpc) is 2.75. The first-order valence-corrected chi connectivity index (χ1v) is 6.13. The summed E-state index contributed by atoms with van der Waals surface area (Å²) in [5.74, 6) is 0. The quantitative estimate of drug-likeness (QED) is 0.880. The third kappa shape index (κ3) is 2.41. The van der Waals surface area contributed by atoms with Crippen molar-refractivity contribution < 1.29 is 5.11 Å². The normalized spacial score (nSPS) is 12.7. The van der Waals surface area contributed by atoms with Crippen molar-refractivity contribution in [3.8, 4) is 5.69 Å². The van der Waals surface area contributed by atoms with E-state index in [4.69, 9.17) is 0 Å². The number of rotatable bonds is 3. The molecular weight excluding hydrogens is 317 g/mol. The molecule has 0 spiro atoms. The zero-order valence-corrected chi connectivity index (χ0v) is 11.0. The summed E-state index contributed by atoms with van der Waals surface area (Å²) in [7, 11) is 0. The second-order valence-corrected chi connectivity index (χ2v) is 4.71. The van der Waals surface area contributed by atoms with Crippen molar-refractivity contribution in [2.45, 2.75) is 19.4 Å². The minimum absolute atomic E-state index is 0.480. The van der Waals surface area contributed by atoms with Crippen molar-refractivity contribution >= 4 is 22.6 Å². The molecule has 0 bridgehead atoms. The lowest BCUT2D eigenvalue weighted by Gasteiger charge is -2.07. The summed E-state index contributed by atoms with van der Waals surface area (Å²) in [6.07, 6.45) is 5.62. The molecule has 5 heteroatoms. The molecule has 4 nitrogen and oxygen atoms in total. The molecule has 1 atom stereocenters. The van der Waals surface area contributed by atoms with E-state index in [0.29, 0.717) is 12.1 Å². The Morgan fingerprint density at radius 2 is 2.25 bits per heavy atom. The van der Waals surface area contributed by atoms with Crippen molar-refractivity contribution in [1.29, 1.82) is 0 Å². The second-order valence-electron chi connectivity index (χ2n) is 3.47. The van der Waals surface area contributed by atoms with Crippen molar-refractivity contribution in [3.05, 3.63) is 40.0 Å². The molecule has 0 unspecified atom stereocenters. The highest BCUT2D eigenvalue weighted by Crippen LogP contribution is 2.15. The molecule has 0 aliphatic carbocycles. The van der Waals surface area contributed by atoms with Gasteiger partial charge in [0.15, 0.2) is 0 Å². The third-order valence-electron chi connectivity index (χ3n) is 2.31. The molecule has 1 N–H and O–H groups in total. The largest absolute Gasteiger partial charge is 0.387 e. The van der Waals surface area contributed by atoms with Crippen LogP contribution >= 0.6 is 22.6 Å². The van der Waals surface area contributed by atoms with Crippen LogP contribution in [0.1, 0.15) is 25.1 Å². The van der Waals surface area contributed by atoms with E-state index in [0.717, 1.165) is 9.26 Å². The summed E-state index contributed by atoms with van der Waals surface area (Å²) in [5.41, 5.74) is 1.60. The van der Waals surface area contributed by atoms with E-state index in [9.17, 15) is 5.11 Å². The standard InChI is InChI=1S/C11H12IN3O/c1-2-11(16)10-4-3-9(6-13-10)15-7-8(12)5-14-15/h3-7,11,16H,2H2,1H3/t11-/m0/s1. The Morgan fingerprint density at radius 1 is 1.44 bits per heavy atom. The zero-order chi connectivity index (χ0) is 11.5. The molecule has 0 radical (unpaired) electrons. The molecular formula is C11H12IN3O. The second kappa shape index (κ2) is 4.92. The smallest absolute Gasteiger partial charge is 0.0957 e. The lowest BCUT2D eigenvalue weighted by atomic mass is 10.2. The predicted octanol–water partition coefficient (Wildman–Crippen LogP) is 2.32. The summed E-state index contributed by atoms with van der Waals surface area (Å²) in [6.45, 7) is 1.93. The van der Waals surface area contributed by atoms with Gasteiger partial charge in [0, 0.05) is 6.20 Å². The van der Waals surface area contributed by atoms with Gasteiger partial charge < -0.3 is 5.11 Å². The lowest BCUT2D eigenvalue weighted by molar-refractivity contribution is 0.169. The fourth-order valence-electron chi connectivity index (χ4n) is 1.38. The van der Waals surface area contributed by atoms with Gasteiger partial charge in [0.2, 0.25) is 0 Å². The first-order chi connectivity index (χ1) is 7.70. The van der Waals surface area contributed by atoms with E-state index in [-0.39, 0.29) is 0 Å². The molecule has 16 heavy (non-hydrogen) atoms. The number of nitrogens with zero attached hydrogens (tertiary/aromatic N) is 3. The van der Waals surface area contributed by atoms with E-state index in [2.05, 4.69) is 32.7 Å². The maximum absolute atomic E-state index is 9.61. The van der Waals surface area contributed by atoms with Gasteiger partial charge in [-0.15, -0.1) is 0 Å². The van der Waals surface area contributed by atoms with Crippen LogP contribution in [0.3, 0.4) is 0 Å². The fourth-order valence-corrected chi connectivity index (χ4v) is 1.77. The Hall–Kier alpha value is -0.950. The molecule has 0 aromatic carbocycles. The summed E-state index contributed by atoms with van der Waals surface area (Å²) in [5, 5.41) is 13.8. The van der Waals surface area contributed by atoms with E-state index >= 15 is 0 Å². The molecule has 2 aromatic heterocycles. The first kappa shape index (κ1) is 11.5. The van der Waals surface area contributed by atoms with Gasteiger partial charge in [-0.3, -0.25) is 4.98 Å². The monoisotopic (exact) mass is 329 g/mol. The maximum Gasteiger partial charge on any atom is 0.0957 e. The molecule has 0 fully saturated rings. The Bertz CT molecular complexity index is 466. The number of pyridine rings is 1. The number of hydrogen-bond acceptors (Lipinski definition) is 3. The number of hydrogen-bond donors (Lipinski definition) is 1. The maximum atomic E-state index is 9.61. The Kier molecular flexibility index (Phi) is 3.55. The third-order valence-corrected chi connectivity index (χ3v) is 2.87. The highest BCUT2D eigenvalue weighted by atomic mass is 127. The van der Waals surface area contributed by atoms with Crippen LogP contribution in [0.4, 0.5) is 0 Å². The van der Waals surface area contributed by atoms with E-state index in [1.165, 1.54) is 0 Å². The van der Waals surface area contributed by atoms with Crippen LogP contribution in [-0.2, 0) is 0 Å². The molecule has 2 heterocycles. The minimum atomic E-state index is -0.480. The first-order valence-electron chi connectivity index (χ1n) is 5.05. The van der Waals surface area contributed by atoms with Gasteiger partial charge >= 0.3 is 0 Å². The van der Waals surface area contributed by atoms with E-state index in [1.54, 1.807) is 17.1 Å². The van der Waals surface area contributed by atoms with E-state index < -0.39 is 6.10 Å². The Morgan fingerprint density at radius 3 is 2.75 bits per heavy atom. The Labute approximate surface area is 107 Å². The fraction of sp³-hybridized carbons (Fsp3) is 0.273. The van der Waals surface area contributed by atoms with Crippen LogP contribution in [0.2, 0.25) is 0 Å². The number of aliphatic hydroxyl groups excluding tert-OH is 1. The van der Waals surface area contributed by atoms with Crippen LogP contribution < -0.4 is 0 Å². The van der Waals surface area contributed by atoms with Crippen LogP contribution in [0.25, 0.3) is 5.69 Å². The van der Waals surface area contributed by atoms with Crippen molar-refractivity contribution in [3.63, 3.8) is 0 Å². The molecule has 0 amide bonds. The summed E-state index contributed by atoms with van der Waals surface area (Å²) < 4.78 is 2.84. The summed E-state index contributed by atoms with van der Waals surface area (Å²) in [4.78, 5) is 4.22. The van der Waals surface area contributed by atoms with Gasteiger partial charge in [-0.05, 0) is 41.1 Å². The highest BCUT2D eigenvalue weighted by Gasteiger charge is 2.06.